The Balaban J connectivity index is 1.97. The van der Waals surface area contributed by atoms with Crippen molar-refractivity contribution in [3.05, 3.63) is 50.1 Å². The average Bonchev–Trinajstić information content (AvgIpc) is 2.80. The van der Waals surface area contributed by atoms with Crippen LogP contribution in [0, 0.1) is 6.92 Å². The van der Waals surface area contributed by atoms with Crippen molar-refractivity contribution in [2.75, 3.05) is 6.61 Å². The number of carboxylic acids is 1. The number of nitrogens with zero attached hydrogens (tertiary/aromatic N) is 1. The maximum atomic E-state index is 11.9. The summed E-state index contributed by atoms with van der Waals surface area (Å²) in [6.07, 6.45) is 1.18. The summed E-state index contributed by atoms with van der Waals surface area (Å²) < 4.78 is 7.20. The normalized spacial score (nSPS) is 10.6. The minimum absolute atomic E-state index is 0.145. The molecule has 22 heavy (non-hydrogen) atoms. The van der Waals surface area contributed by atoms with Crippen LogP contribution in [0.25, 0.3) is 0 Å². The molecule has 0 amide bonds. The first-order valence-corrected chi connectivity index (χ1v) is 7.99. The van der Waals surface area contributed by atoms with Crippen LogP contribution >= 0.6 is 11.3 Å². The first-order valence-electron chi connectivity index (χ1n) is 7.18. The molecule has 0 saturated heterocycles. The second-order valence-corrected chi connectivity index (χ2v) is 5.93. The Labute approximate surface area is 132 Å². The van der Waals surface area contributed by atoms with Gasteiger partial charge in [0.2, 0.25) is 0 Å². The van der Waals surface area contributed by atoms with Crippen molar-refractivity contribution in [1.29, 1.82) is 0 Å². The van der Waals surface area contributed by atoms with Crippen LogP contribution in [0.1, 0.15) is 34.3 Å². The van der Waals surface area contributed by atoms with Gasteiger partial charge in [-0.3, -0.25) is 4.79 Å². The first-order chi connectivity index (χ1) is 10.5. The van der Waals surface area contributed by atoms with E-state index in [0.29, 0.717) is 31.7 Å². The van der Waals surface area contributed by atoms with Crippen LogP contribution < -0.4 is 9.61 Å². The number of hydrogen-bond acceptors (Lipinski definition) is 4. The molecule has 0 aliphatic heterocycles. The van der Waals surface area contributed by atoms with Crippen LogP contribution in [-0.2, 0) is 13.0 Å². The Bertz CT molecular complexity index is 717. The summed E-state index contributed by atoms with van der Waals surface area (Å²) in [5, 5.41) is 9.11. The Morgan fingerprint density at radius 2 is 2.18 bits per heavy atom. The molecule has 0 spiro atoms. The fourth-order valence-electron chi connectivity index (χ4n) is 2.30. The van der Waals surface area contributed by atoms with E-state index in [9.17, 15) is 9.59 Å². The Kier molecular flexibility index (Phi) is 5.38. The molecule has 0 aliphatic rings. The van der Waals surface area contributed by atoms with Crippen LogP contribution in [0.2, 0.25) is 0 Å². The molecule has 2 rings (SSSR count). The van der Waals surface area contributed by atoms with E-state index < -0.39 is 5.97 Å². The number of ether oxygens (including phenoxy) is 1. The van der Waals surface area contributed by atoms with Gasteiger partial charge in [0.05, 0.1) is 6.61 Å². The number of rotatable bonds is 7. The van der Waals surface area contributed by atoms with E-state index in [1.807, 2.05) is 38.1 Å². The lowest BCUT2D eigenvalue weighted by atomic mass is 10.2. The highest BCUT2D eigenvalue weighted by molar-refractivity contribution is 7.11. The summed E-state index contributed by atoms with van der Waals surface area (Å²) in [7, 11) is 0. The predicted octanol–water partition coefficient (Wildman–Crippen LogP) is 2.95. The lowest BCUT2D eigenvalue weighted by Crippen LogP contribution is -2.18. The highest BCUT2D eigenvalue weighted by Crippen LogP contribution is 2.15. The minimum atomic E-state index is -1.03. The summed E-state index contributed by atoms with van der Waals surface area (Å²) in [4.78, 5) is 23.0. The van der Waals surface area contributed by atoms with E-state index in [2.05, 4.69) is 0 Å². The van der Waals surface area contributed by atoms with Crippen molar-refractivity contribution in [1.82, 2.24) is 4.57 Å². The molecule has 118 valence electrons. The number of benzene rings is 1. The third kappa shape index (κ3) is 3.76. The summed E-state index contributed by atoms with van der Waals surface area (Å²) in [6.45, 7) is 4.81. The highest BCUT2D eigenvalue weighted by Gasteiger charge is 2.18. The van der Waals surface area contributed by atoms with Gasteiger partial charge in [-0.25, -0.2) is 4.79 Å². The third-order valence-electron chi connectivity index (χ3n) is 3.31. The lowest BCUT2D eigenvalue weighted by molar-refractivity contribution is 0.0700. The quantitative estimate of drug-likeness (QED) is 0.796. The number of thiazole rings is 1. The van der Waals surface area contributed by atoms with Crippen LogP contribution in [0.3, 0.4) is 0 Å². The Morgan fingerprint density at radius 1 is 1.41 bits per heavy atom. The van der Waals surface area contributed by atoms with Gasteiger partial charge in [0.15, 0.2) is 0 Å². The third-order valence-corrected chi connectivity index (χ3v) is 4.32. The second kappa shape index (κ2) is 7.26. The van der Waals surface area contributed by atoms with Gasteiger partial charge >= 0.3 is 10.8 Å². The van der Waals surface area contributed by atoms with E-state index in [-0.39, 0.29) is 9.75 Å². The SMILES string of the molecule is CCc1c(C(=O)O)sc(=O)n1CCCOc1cccc(C)c1. The van der Waals surface area contributed by atoms with Crippen molar-refractivity contribution in [2.45, 2.75) is 33.2 Å². The summed E-state index contributed by atoms with van der Waals surface area (Å²) in [5.74, 6) is -0.228. The van der Waals surface area contributed by atoms with Crippen molar-refractivity contribution in [3.8, 4) is 5.75 Å². The van der Waals surface area contributed by atoms with Crippen LogP contribution in [0.5, 0.6) is 5.75 Å². The van der Waals surface area contributed by atoms with Crippen LogP contribution in [0.15, 0.2) is 29.1 Å². The van der Waals surface area contributed by atoms with E-state index in [1.54, 1.807) is 4.57 Å². The number of carboxylic acid groups (broad SMARTS) is 1. The van der Waals surface area contributed by atoms with E-state index in [1.165, 1.54) is 0 Å². The maximum Gasteiger partial charge on any atom is 0.347 e. The Morgan fingerprint density at radius 3 is 2.82 bits per heavy atom. The van der Waals surface area contributed by atoms with Crippen molar-refractivity contribution in [2.24, 2.45) is 0 Å². The molecule has 0 atom stereocenters. The molecule has 1 heterocycles. The monoisotopic (exact) mass is 321 g/mol. The summed E-state index contributed by atoms with van der Waals surface area (Å²) in [5.41, 5.74) is 1.73. The fraction of sp³-hybridized carbons (Fsp3) is 0.375. The number of aromatic carboxylic acids is 1. The molecule has 0 saturated carbocycles. The molecule has 6 heteroatoms. The maximum absolute atomic E-state index is 11.9. The molecule has 0 unspecified atom stereocenters. The van der Waals surface area contributed by atoms with Gasteiger partial charge in [-0.1, -0.05) is 30.4 Å². The molecule has 1 N–H and O–H groups in total. The summed E-state index contributed by atoms with van der Waals surface area (Å²) in [6, 6.07) is 7.78. The topological polar surface area (TPSA) is 68.5 Å². The largest absolute Gasteiger partial charge is 0.494 e. The van der Waals surface area contributed by atoms with Crippen LogP contribution in [-0.4, -0.2) is 22.2 Å². The first kappa shape index (κ1) is 16.3. The number of aromatic nitrogens is 1. The van der Waals surface area contributed by atoms with Crippen molar-refractivity contribution >= 4 is 17.3 Å². The number of aryl methyl sites for hydroxylation is 1. The zero-order valence-electron chi connectivity index (χ0n) is 12.7. The zero-order chi connectivity index (χ0) is 16.1. The van der Waals surface area contributed by atoms with Crippen LogP contribution in [0.4, 0.5) is 0 Å². The molecule has 1 aromatic carbocycles. The summed E-state index contributed by atoms with van der Waals surface area (Å²) >= 11 is 0.797. The predicted molar refractivity (Wildman–Crippen MR) is 86.2 cm³/mol. The smallest absolute Gasteiger partial charge is 0.347 e. The molecular formula is C16H19NO4S. The van der Waals surface area contributed by atoms with Gasteiger partial charge in [0.1, 0.15) is 10.6 Å². The highest BCUT2D eigenvalue weighted by atomic mass is 32.1. The van der Waals surface area contributed by atoms with E-state index in [4.69, 9.17) is 9.84 Å². The molecule has 1 aromatic heterocycles. The molecule has 0 fully saturated rings. The molecule has 0 bridgehead atoms. The molecule has 0 radical (unpaired) electrons. The Hall–Kier alpha value is -2.08. The zero-order valence-corrected chi connectivity index (χ0v) is 13.5. The van der Waals surface area contributed by atoms with Gasteiger partial charge in [-0.15, -0.1) is 0 Å². The second-order valence-electron chi connectivity index (χ2n) is 4.97. The van der Waals surface area contributed by atoms with Gasteiger partial charge in [-0.05, 0) is 37.5 Å². The molecule has 0 aliphatic carbocycles. The van der Waals surface area contributed by atoms with E-state index >= 15 is 0 Å². The molecule has 2 aromatic rings. The standard InChI is InChI=1S/C16H19NO4S/c1-3-13-14(15(18)19)22-16(20)17(13)8-5-9-21-12-7-4-6-11(2)10-12/h4,6-7,10H,3,5,8-9H2,1-2H3,(H,18,19). The fourth-order valence-corrected chi connectivity index (χ4v) is 3.24. The van der Waals surface area contributed by atoms with Crippen molar-refractivity contribution < 1.29 is 14.6 Å². The van der Waals surface area contributed by atoms with Crippen molar-refractivity contribution in [3.63, 3.8) is 0 Å². The number of hydrogen-bond donors (Lipinski definition) is 1. The van der Waals surface area contributed by atoms with Gasteiger partial charge in [-0.2, -0.15) is 0 Å². The molecular weight excluding hydrogens is 302 g/mol. The van der Waals surface area contributed by atoms with Gasteiger partial charge < -0.3 is 14.4 Å². The van der Waals surface area contributed by atoms with Gasteiger partial charge in [0, 0.05) is 12.2 Å². The number of carbonyl (C=O) groups is 1. The van der Waals surface area contributed by atoms with Gasteiger partial charge in [0.25, 0.3) is 0 Å². The lowest BCUT2D eigenvalue weighted by Gasteiger charge is -2.09. The average molecular weight is 321 g/mol. The molecule has 5 nitrogen and oxygen atoms in total. The van der Waals surface area contributed by atoms with E-state index in [0.717, 1.165) is 22.6 Å². The minimum Gasteiger partial charge on any atom is -0.494 e.